The summed E-state index contributed by atoms with van der Waals surface area (Å²) in [5, 5.41) is 1.10. The third-order valence-electron chi connectivity index (χ3n) is 5.11. The molecule has 0 unspecified atom stereocenters. The number of ether oxygens (including phenoxy) is 2. The van der Waals surface area contributed by atoms with Crippen LogP contribution in [0.4, 0.5) is 0 Å². The van der Waals surface area contributed by atoms with E-state index >= 15 is 0 Å². The van der Waals surface area contributed by atoms with Crippen LogP contribution < -0.4 is 9.47 Å². The number of thiazole rings is 1. The van der Waals surface area contributed by atoms with E-state index < -0.39 is 10.0 Å². The summed E-state index contributed by atoms with van der Waals surface area (Å²) in [4.78, 5) is 4.97. The first-order valence-corrected chi connectivity index (χ1v) is 11.4. The molecule has 8 heteroatoms. The predicted molar refractivity (Wildman–Crippen MR) is 110 cm³/mol. The molecule has 0 saturated carbocycles. The monoisotopic (exact) mass is 418 g/mol. The molecule has 148 valence electrons. The number of nitrogens with zero attached hydrogens (tertiary/aromatic N) is 2. The number of para-hydroxylation sites is 1. The third kappa shape index (κ3) is 3.47. The average Bonchev–Trinajstić information content (AvgIpc) is 3.17. The molecule has 1 saturated heterocycles. The van der Waals surface area contributed by atoms with Crippen molar-refractivity contribution in [3.05, 3.63) is 47.5 Å². The lowest BCUT2D eigenvalue weighted by Crippen LogP contribution is -2.37. The van der Waals surface area contributed by atoms with E-state index in [0.717, 1.165) is 23.4 Å². The fourth-order valence-corrected chi connectivity index (χ4v) is 6.16. The Labute approximate surface area is 168 Å². The van der Waals surface area contributed by atoms with E-state index in [0.29, 0.717) is 30.5 Å². The van der Waals surface area contributed by atoms with Gasteiger partial charge in [-0.1, -0.05) is 12.1 Å². The normalized spacial score (nSPS) is 16.4. The maximum absolute atomic E-state index is 13.1. The van der Waals surface area contributed by atoms with Gasteiger partial charge in [-0.2, -0.15) is 4.31 Å². The molecule has 1 aliphatic heterocycles. The maximum atomic E-state index is 13.1. The van der Waals surface area contributed by atoms with Crippen LogP contribution in [-0.2, 0) is 10.0 Å². The van der Waals surface area contributed by atoms with E-state index in [1.165, 1.54) is 25.0 Å². The summed E-state index contributed by atoms with van der Waals surface area (Å²) in [5.41, 5.74) is 1.02. The van der Waals surface area contributed by atoms with Crippen LogP contribution in [0, 0.1) is 0 Å². The van der Waals surface area contributed by atoms with Crippen molar-refractivity contribution in [2.45, 2.75) is 23.7 Å². The van der Waals surface area contributed by atoms with Gasteiger partial charge < -0.3 is 9.47 Å². The highest BCUT2D eigenvalue weighted by molar-refractivity contribution is 7.89. The smallest absolute Gasteiger partial charge is 0.243 e. The first-order valence-electron chi connectivity index (χ1n) is 9.10. The van der Waals surface area contributed by atoms with E-state index in [9.17, 15) is 8.42 Å². The van der Waals surface area contributed by atoms with Gasteiger partial charge in [-0.05, 0) is 37.1 Å². The van der Waals surface area contributed by atoms with Gasteiger partial charge in [0.05, 0.1) is 34.3 Å². The molecule has 1 aliphatic rings. The summed E-state index contributed by atoms with van der Waals surface area (Å²) in [7, 11) is -0.545. The zero-order chi connectivity index (χ0) is 19.7. The van der Waals surface area contributed by atoms with Crippen molar-refractivity contribution in [1.82, 2.24) is 9.29 Å². The van der Waals surface area contributed by atoms with Gasteiger partial charge in [0, 0.05) is 25.1 Å². The molecule has 3 aromatic rings. The molecule has 1 fully saturated rings. The molecule has 0 N–H and O–H groups in total. The van der Waals surface area contributed by atoms with Crippen LogP contribution >= 0.6 is 11.3 Å². The quantitative estimate of drug-likeness (QED) is 0.629. The van der Waals surface area contributed by atoms with Crippen molar-refractivity contribution >= 4 is 31.6 Å². The number of sulfonamides is 1. The largest absolute Gasteiger partial charge is 0.493 e. The van der Waals surface area contributed by atoms with Crippen LogP contribution in [0.15, 0.2) is 47.4 Å². The minimum absolute atomic E-state index is 0.226. The van der Waals surface area contributed by atoms with Gasteiger partial charge in [0.15, 0.2) is 11.5 Å². The van der Waals surface area contributed by atoms with Crippen molar-refractivity contribution in [1.29, 1.82) is 0 Å². The van der Waals surface area contributed by atoms with Crippen LogP contribution in [0.1, 0.15) is 23.8 Å². The van der Waals surface area contributed by atoms with Gasteiger partial charge in [0.1, 0.15) is 0 Å². The predicted octanol–water partition coefficient (Wildman–Crippen LogP) is 3.88. The highest BCUT2D eigenvalue weighted by Gasteiger charge is 2.31. The van der Waals surface area contributed by atoms with Gasteiger partial charge in [-0.3, -0.25) is 0 Å². The summed E-state index contributed by atoms with van der Waals surface area (Å²) in [5.74, 6) is 1.22. The minimum atomic E-state index is -3.57. The standard InChI is InChI=1S/C20H22N2O4S2/c1-25-17-8-7-15(13-18(17)26-2)28(23,24)22-11-9-14(10-12-22)20-21-16-5-3-4-6-19(16)27-20/h3-8,13-14H,9-12H2,1-2H3. The van der Waals surface area contributed by atoms with Crippen LogP contribution in [0.3, 0.4) is 0 Å². The number of fused-ring (bicyclic) bond motifs is 1. The van der Waals surface area contributed by atoms with Gasteiger partial charge in [-0.25, -0.2) is 13.4 Å². The molecule has 0 spiro atoms. The Hall–Kier alpha value is -2.16. The maximum Gasteiger partial charge on any atom is 0.243 e. The third-order valence-corrected chi connectivity index (χ3v) is 8.20. The second-order valence-electron chi connectivity index (χ2n) is 6.71. The molecule has 2 aromatic carbocycles. The first-order chi connectivity index (χ1) is 13.5. The summed E-state index contributed by atoms with van der Waals surface area (Å²) in [6, 6.07) is 12.8. The number of methoxy groups -OCH3 is 2. The van der Waals surface area contributed by atoms with Crippen LogP contribution in [0.5, 0.6) is 11.5 Å². The van der Waals surface area contributed by atoms with Crippen LogP contribution in [-0.4, -0.2) is 45.0 Å². The van der Waals surface area contributed by atoms with E-state index in [1.54, 1.807) is 27.8 Å². The lowest BCUT2D eigenvalue weighted by molar-refractivity contribution is 0.318. The molecule has 1 aromatic heterocycles. The fourth-order valence-electron chi connectivity index (χ4n) is 3.53. The topological polar surface area (TPSA) is 68.7 Å². The lowest BCUT2D eigenvalue weighted by atomic mass is 9.99. The van der Waals surface area contributed by atoms with Crippen molar-refractivity contribution in [3.63, 3.8) is 0 Å². The summed E-state index contributed by atoms with van der Waals surface area (Å²) in [6.07, 6.45) is 1.54. The van der Waals surface area contributed by atoms with Crippen molar-refractivity contribution in [3.8, 4) is 11.5 Å². The van der Waals surface area contributed by atoms with Gasteiger partial charge in [0.2, 0.25) is 10.0 Å². The fraction of sp³-hybridized carbons (Fsp3) is 0.350. The first kappa shape index (κ1) is 19.2. The molecule has 0 atom stereocenters. The zero-order valence-electron chi connectivity index (χ0n) is 15.8. The second kappa shape index (κ2) is 7.69. The van der Waals surface area contributed by atoms with E-state index in [2.05, 4.69) is 6.07 Å². The zero-order valence-corrected chi connectivity index (χ0v) is 17.4. The molecular formula is C20H22N2O4S2. The van der Waals surface area contributed by atoms with Crippen molar-refractivity contribution < 1.29 is 17.9 Å². The number of hydrogen-bond acceptors (Lipinski definition) is 6. The van der Waals surface area contributed by atoms with E-state index in [4.69, 9.17) is 14.5 Å². The van der Waals surface area contributed by atoms with Gasteiger partial charge in [0.25, 0.3) is 0 Å². The molecule has 0 radical (unpaired) electrons. The van der Waals surface area contributed by atoms with Gasteiger partial charge in [-0.15, -0.1) is 11.3 Å². The SMILES string of the molecule is COc1ccc(S(=O)(=O)N2CCC(c3nc4ccccc4s3)CC2)cc1OC. The van der Waals surface area contributed by atoms with Crippen LogP contribution in [0.2, 0.25) is 0 Å². The molecule has 2 heterocycles. The molecule has 0 amide bonds. The summed E-state index contributed by atoms with van der Waals surface area (Å²) in [6.45, 7) is 0.967. The van der Waals surface area contributed by atoms with Crippen molar-refractivity contribution in [2.75, 3.05) is 27.3 Å². The highest BCUT2D eigenvalue weighted by Crippen LogP contribution is 2.36. The second-order valence-corrected chi connectivity index (χ2v) is 9.72. The molecule has 6 nitrogen and oxygen atoms in total. The Kier molecular flexibility index (Phi) is 5.27. The number of rotatable bonds is 5. The Bertz CT molecular complexity index is 1050. The Morgan fingerprint density at radius 3 is 2.43 bits per heavy atom. The lowest BCUT2D eigenvalue weighted by Gasteiger charge is -2.30. The number of piperidine rings is 1. The van der Waals surface area contributed by atoms with Gasteiger partial charge >= 0.3 is 0 Å². The highest BCUT2D eigenvalue weighted by atomic mass is 32.2. The number of benzene rings is 2. The Balaban J connectivity index is 1.51. The summed E-state index contributed by atoms with van der Waals surface area (Å²) >= 11 is 1.71. The average molecular weight is 419 g/mol. The molecule has 28 heavy (non-hydrogen) atoms. The Morgan fingerprint density at radius 1 is 1.04 bits per heavy atom. The molecular weight excluding hydrogens is 396 g/mol. The molecule has 4 rings (SSSR count). The van der Waals surface area contributed by atoms with Crippen molar-refractivity contribution in [2.24, 2.45) is 0 Å². The Morgan fingerprint density at radius 2 is 1.75 bits per heavy atom. The van der Waals surface area contributed by atoms with Crippen LogP contribution in [0.25, 0.3) is 10.2 Å². The molecule has 0 bridgehead atoms. The van der Waals surface area contributed by atoms with E-state index in [1.807, 2.05) is 18.2 Å². The number of hydrogen-bond donors (Lipinski definition) is 0. The number of aromatic nitrogens is 1. The summed E-state index contributed by atoms with van der Waals surface area (Å²) < 4.78 is 39.3. The molecule has 0 aliphatic carbocycles. The van der Waals surface area contributed by atoms with E-state index in [-0.39, 0.29) is 4.90 Å². The minimum Gasteiger partial charge on any atom is -0.493 e.